The summed E-state index contributed by atoms with van der Waals surface area (Å²) < 4.78 is 0. The van der Waals surface area contributed by atoms with Crippen LogP contribution in [0, 0.1) is 0 Å². The highest BCUT2D eigenvalue weighted by Crippen LogP contribution is 2.29. The molecule has 2 N–H and O–H groups in total. The molecule has 0 aromatic heterocycles. The van der Waals surface area contributed by atoms with E-state index >= 15 is 0 Å². The number of hydrogen-bond acceptors (Lipinski definition) is 2. The average molecular weight is 274 g/mol. The summed E-state index contributed by atoms with van der Waals surface area (Å²) in [6, 6.07) is 5.34. The molecule has 0 aliphatic heterocycles. The molecule has 0 bridgehead atoms. The predicted molar refractivity (Wildman–Crippen MR) is 73.0 cm³/mol. The molecule has 0 unspecified atom stereocenters. The molecule has 0 atom stereocenters. The lowest BCUT2D eigenvalue weighted by Gasteiger charge is -2.32. The molecular weight excluding hydrogens is 257 g/mol. The molecule has 0 spiro atoms. The highest BCUT2D eigenvalue weighted by atomic mass is 35.5. The maximum absolute atomic E-state index is 10.3. The van der Waals surface area contributed by atoms with Crippen LogP contribution in [0.15, 0.2) is 18.2 Å². The highest BCUT2D eigenvalue weighted by molar-refractivity contribution is 6.35. The predicted octanol–water partition coefficient (Wildman–Crippen LogP) is 4.10. The van der Waals surface area contributed by atoms with Crippen LogP contribution in [0.5, 0.6) is 0 Å². The third-order valence-corrected chi connectivity index (χ3v) is 3.70. The fourth-order valence-corrected chi connectivity index (χ4v) is 2.84. The molecule has 0 radical (unpaired) electrons. The minimum atomic E-state index is -0.576. The van der Waals surface area contributed by atoms with Crippen LogP contribution in [-0.4, -0.2) is 17.3 Å². The number of rotatable bonds is 3. The monoisotopic (exact) mass is 273 g/mol. The average Bonchev–Trinajstić information content (AvgIpc) is 2.26. The normalized spacial score (nSPS) is 19.0. The van der Waals surface area contributed by atoms with Crippen LogP contribution in [0.2, 0.25) is 10.0 Å². The summed E-state index contributed by atoms with van der Waals surface area (Å²) in [7, 11) is 0. The standard InChI is InChI=1S/C13H17Cl2NO/c14-10-6-11(15)8-12(7-10)16-9-13(17)4-2-1-3-5-13/h6-8,16-17H,1-5,9H2. The summed E-state index contributed by atoms with van der Waals surface area (Å²) in [5.74, 6) is 0. The lowest BCUT2D eigenvalue weighted by Crippen LogP contribution is -2.38. The van der Waals surface area contributed by atoms with Crippen molar-refractivity contribution in [3.8, 4) is 0 Å². The smallest absolute Gasteiger partial charge is 0.0819 e. The topological polar surface area (TPSA) is 32.3 Å². The fourth-order valence-electron chi connectivity index (χ4n) is 2.31. The van der Waals surface area contributed by atoms with Crippen LogP contribution < -0.4 is 5.32 Å². The van der Waals surface area contributed by atoms with E-state index in [2.05, 4.69) is 5.32 Å². The van der Waals surface area contributed by atoms with E-state index in [0.29, 0.717) is 16.6 Å². The van der Waals surface area contributed by atoms with Gasteiger partial charge in [0.05, 0.1) is 5.60 Å². The summed E-state index contributed by atoms with van der Waals surface area (Å²) in [6.45, 7) is 0.559. The van der Waals surface area contributed by atoms with Crippen LogP contribution in [0.4, 0.5) is 5.69 Å². The van der Waals surface area contributed by atoms with Gasteiger partial charge in [0.1, 0.15) is 0 Å². The Bertz CT molecular complexity index is 369. The van der Waals surface area contributed by atoms with Crippen molar-refractivity contribution >= 4 is 28.9 Å². The molecule has 1 aliphatic rings. The molecule has 1 aromatic rings. The van der Waals surface area contributed by atoms with E-state index in [1.165, 1.54) is 6.42 Å². The quantitative estimate of drug-likeness (QED) is 0.869. The first-order valence-electron chi connectivity index (χ1n) is 6.00. The Morgan fingerprint density at radius 1 is 1.06 bits per heavy atom. The van der Waals surface area contributed by atoms with E-state index < -0.39 is 5.60 Å². The third kappa shape index (κ3) is 3.77. The second-order valence-electron chi connectivity index (χ2n) is 4.80. The van der Waals surface area contributed by atoms with Gasteiger partial charge in [-0.3, -0.25) is 0 Å². The van der Waals surface area contributed by atoms with Crippen LogP contribution in [0.25, 0.3) is 0 Å². The van der Waals surface area contributed by atoms with Crippen molar-refractivity contribution < 1.29 is 5.11 Å². The highest BCUT2D eigenvalue weighted by Gasteiger charge is 2.28. The molecule has 0 saturated heterocycles. The van der Waals surface area contributed by atoms with Crippen molar-refractivity contribution in [3.63, 3.8) is 0 Å². The number of halogens is 2. The van der Waals surface area contributed by atoms with Crippen molar-refractivity contribution in [1.29, 1.82) is 0 Å². The summed E-state index contributed by atoms with van der Waals surface area (Å²) in [4.78, 5) is 0. The van der Waals surface area contributed by atoms with Crippen molar-refractivity contribution in [2.75, 3.05) is 11.9 Å². The summed E-state index contributed by atoms with van der Waals surface area (Å²) in [6.07, 6.45) is 5.18. The van der Waals surface area contributed by atoms with Gasteiger partial charge in [0.25, 0.3) is 0 Å². The van der Waals surface area contributed by atoms with Gasteiger partial charge in [-0.05, 0) is 31.0 Å². The molecule has 17 heavy (non-hydrogen) atoms. The van der Waals surface area contributed by atoms with Gasteiger partial charge < -0.3 is 10.4 Å². The molecule has 0 amide bonds. The summed E-state index contributed by atoms with van der Waals surface area (Å²) in [5, 5.41) is 14.8. The number of nitrogens with one attached hydrogen (secondary N) is 1. The van der Waals surface area contributed by atoms with Gasteiger partial charge in [-0.2, -0.15) is 0 Å². The molecule has 1 saturated carbocycles. The zero-order valence-electron chi connectivity index (χ0n) is 9.68. The van der Waals surface area contributed by atoms with Crippen molar-refractivity contribution in [1.82, 2.24) is 0 Å². The minimum absolute atomic E-state index is 0.559. The number of aliphatic hydroxyl groups is 1. The zero-order chi connectivity index (χ0) is 12.3. The van der Waals surface area contributed by atoms with Crippen LogP contribution in [0.3, 0.4) is 0 Å². The van der Waals surface area contributed by atoms with Gasteiger partial charge in [-0.1, -0.05) is 42.5 Å². The van der Waals surface area contributed by atoms with E-state index in [-0.39, 0.29) is 0 Å². The Morgan fingerprint density at radius 3 is 2.24 bits per heavy atom. The first kappa shape index (κ1) is 13.0. The Hall–Kier alpha value is -0.440. The zero-order valence-corrected chi connectivity index (χ0v) is 11.2. The summed E-state index contributed by atoms with van der Waals surface area (Å²) >= 11 is 11.8. The molecule has 94 valence electrons. The van der Waals surface area contributed by atoms with E-state index in [1.807, 2.05) is 12.1 Å². The van der Waals surface area contributed by atoms with Crippen molar-refractivity contribution in [2.24, 2.45) is 0 Å². The van der Waals surface area contributed by atoms with Crippen LogP contribution in [0.1, 0.15) is 32.1 Å². The molecule has 0 heterocycles. The van der Waals surface area contributed by atoms with Crippen molar-refractivity contribution in [2.45, 2.75) is 37.7 Å². The molecule has 1 aromatic carbocycles. The van der Waals surface area contributed by atoms with Gasteiger partial charge in [0.15, 0.2) is 0 Å². The minimum Gasteiger partial charge on any atom is -0.388 e. The molecule has 1 aliphatic carbocycles. The first-order valence-corrected chi connectivity index (χ1v) is 6.75. The maximum Gasteiger partial charge on any atom is 0.0819 e. The van der Waals surface area contributed by atoms with E-state index in [1.54, 1.807) is 6.07 Å². The lowest BCUT2D eigenvalue weighted by molar-refractivity contribution is 0.0167. The van der Waals surface area contributed by atoms with Crippen LogP contribution in [-0.2, 0) is 0 Å². The van der Waals surface area contributed by atoms with Crippen molar-refractivity contribution in [3.05, 3.63) is 28.2 Å². The van der Waals surface area contributed by atoms with Gasteiger partial charge in [-0.25, -0.2) is 0 Å². The number of anilines is 1. The SMILES string of the molecule is OC1(CNc2cc(Cl)cc(Cl)c2)CCCCC1. The molecule has 2 nitrogen and oxygen atoms in total. The van der Waals surface area contributed by atoms with Gasteiger partial charge in [0.2, 0.25) is 0 Å². The van der Waals surface area contributed by atoms with Gasteiger partial charge in [-0.15, -0.1) is 0 Å². The second kappa shape index (κ2) is 5.47. The third-order valence-electron chi connectivity index (χ3n) is 3.27. The Labute approximate surface area is 112 Å². The van der Waals surface area contributed by atoms with E-state index in [9.17, 15) is 5.11 Å². The van der Waals surface area contributed by atoms with E-state index in [4.69, 9.17) is 23.2 Å². The first-order chi connectivity index (χ1) is 8.07. The Balaban J connectivity index is 1.96. The summed E-state index contributed by atoms with van der Waals surface area (Å²) in [5.41, 5.74) is 0.286. The van der Waals surface area contributed by atoms with Gasteiger partial charge in [0, 0.05) is 22.3 Å². The van der Waals surface area contributed by atoms with Crippen LogP contribution >= 0.6 is 23.2 Å². The molecule has 2 rings (SSSR count). The Morgan fingerprint density at radius 2 is 1.65 bits per heavy atom. The second-order valence-corrected chi connectivity index (χ2v) is 5.67. The fraction of sp³-hybridized carbons (Fsp3) is 0.538. The van der Waals surface area contributed by atoms with Gasteiger partial charge >= 0.3 is 0 Å². The number of benzene rings is 1. The molecular formula is C13H17Cl2NO. The maximum atomic E-state index is 10.3. The number of hydrogen-bond donors (Lipinski definition) is 2. The largest absolute Gasteiger partial charge is 0.388 e. The Kier molecular flexibility index (Phi) is 4.18. The molecule has 4 heteroatoms. The molecule has 1 fully saturated rings. The van der Waals surface area contributed by atoms with E-state index in [0.717, 1.165) is 31.4 Å². The lowest BCUT2D eigenvalue weighted by atomic mass is 9.85.